The lowest BCUT2D eigenvalue weighted by Crippen LogP contribution is -2.32. The van der Waals surface area contributed by atoms with Crippen LogP contribution in [-0.2, 0) is 17.9 Å². The second kappa shape index (κ2) is 8.63. The monoisotopic (exact) mass is 390 g/mol. The molecule has 2 heterocycles. The van der Waals surface area contributed by atoms with Crippen molar-refractivity contribution >= 4 is 45.9 Å². The molecule has 0 aliphatic rings. The predicted octanol–water partition coefficient (Wildman–Crippen LogP) is 5.41. The maximum atomic E-state index is 12.5. The molecule has 3 nitrogen and oxygen atoms in total. The van der Waals surface area contributed by atoms with E-state index in [1.54, 1.807) is 28.7 Å². The highest BCUT2D eigenvalue weighted by atomic mass is 35.5. The first-order chi connectivity index (χ1) is 12.1. The number of hydrogen-bond donors (Lipinski definition) is 1. The van der Waals surface area contributed by atoms with Crippen molar-refractivity contribution in [3.8, 4) is 0 Å². The van der Waals surface area contributed by atoms with Gasteiger partial charge in [-0.2, -0.15) is 0 Å². The van der Waals surface area contributed by atoms with E-state index < -0.39 is 0 Å². The molecule has 0 radical (unpaired) electrons. The van der Waals surface area contributed by atoms with Crippen molar-refractivity contribution in [2.24, 2.45) is 0 Å². The molecule has 25 heavy (non-hydrogen) atoms. The van der Waals surface area contributed by atoms with Crippen molar-refractivity contribution in [3.05, 3.63) is 73.6 Å². The smallest absolute Gasteiger partial charge is 0.238 e. The number of halogens is 1. The number of anilines is 1. The van der Waals surface area contributed by atoms with Crippen LogP contribution < -0.4 is 5.32 Å². The van der Waals surface area contributed by atoms with Crippen LogP contribution in [0.2, 0.25) is 5.02 Å². The number of nitrogens with zero attached hydrogens (tertiary/aromatic N) is 1. The van der Waals surface area contributed by atoms with E-state index in [1.807, 2.05) is 31.2 Å². The van der Waals surface area contributed by atoms with Crippen LogP contribution in [0.1, 0.15) is 15.3 Å². The predicted molar refractivity (Wildman–Crippen MR) is 108 cm³/mol. The third-order valence-electron chi connectivity index (χ3n) is 3.75. The van der Waals surface area contributed by atoms with E-state index in [2.05, 4.69) is 33.1 Å². The first kappa shape index (κ1) is 18.1. The topological polar surface area (TPSA) is 32.3 Å². The summed E-state index contributed by atoms with van der Waals surface area (Å²) < 4.78 is 0. The fraction of sp³-hybridized carbons (Fsp3) is 0.211. The maximum Gasteiger partial charge on any atom is 0.238 e. The summed E-state index contributed by atoms with van der Waals surface area (Å²) >= 11 is 9.41. The summed E-state index contributed by atoms with van der Waals surface area (Å²) in [4.78, 5) is 17.2. The third kappa shape index (κ3) is 5.41. The van der Waals surface area contributed by atoms with Gasteiger partial charge in [-0.25, -0.2) is 0 Å². The van der Waals surface area contributed by atoms with Crippen LogP contribution in [0.15, 0.2) is 53.2 Å². The van der Waals surface area contributed by atoms with Gasteiger partial charge in [0, 0.05) is 33.6 Å². The molecule has 0 saturated heterocycles. The van der Waals surface area contributed by atoms with Gasteiger partial charge in [0.1, 0.15) is 0 Å². The number of rotatable bonds is 7. The van der Waals surface area contributed by atoms with Gasteiger partial charge in [0.05, 0.1) is 6.54 Å². The van der Waals surface area contributed by atoms with Crippen LogP contribution in [-0.4, -0.2) is 17.4 Å². The number of carbonyl (C=O) groups is 1. The Bertz CT molecular complexity index is 780. The zero-order valence-corrected chi connectivity index (χ0v) is 16.3. The number of hydrogen-bond acceptors (Lipinski definition) is 4. The van der Waals surface area contributed by atoms with Gasteiger partial charge in [-0.15, -0.1) is 22.7 Å². The van der Waals surface area contributed by atoms with E-state index in [0.717, 1.165) is 24.3 Å². The van der Waals surface area contributed by atoms with E-state index >= 15 is 0 Å². The molecule has 1 amide bonds. The fourth-order valence-corrected chi connectivity index (χ4v) is 4.29. The molecular weight excluding hydrogens is 372 g/mol. The standard InChI is InChI=1S/C19H19ClN2OS2/c1-14-10-15(20)6-7-18(14)21-19(23)13-22(11-16-4-2-8-24-16)12-17-5-3-9-25-17/h2-10H,11-13H2,1H3,(H,21,23). The molecule has 1 N–H and O–H groups in total. The van der Waals surface area contributed by atoms with Crippen LogP contribution in [0, 0.1) is 6.92 Å². The number of nitrogens with one attached hydrogen (secondary N) is 1. The summed E-state index contributed by atoms with van der Waals surface area (Å²) in [5, 5.41) is 7.80. The van der Waals surface area contributed by atoms with E-state index in [4.69, 9.17) is 11.6 Å². The Morgan fingerprint density at radius 2 is 1.72 bits per heavy atom. The van der Waals surface area contributed by atoms with Gasteiger partial charge in [-0.3, -0.25) is 9.69 Å². The molecule has 3 rings (SSSR count). The van der Waals surface area contributed by atoms with Crippen LogP contribution in [0.25, 0.3) is 0 Å². The Balaban J connectivity index is 1.66. The number of amides is 1. The highest BCUT2D eigenvalue weighted by Gasteiger charge is 2.14. The van der Waals surface area contributed by atoms with Crippen molar-refractivity contribution in [2.45, 2.75) is 20.0 Å². The summed E-state index contributed by atoms with van der Waals surface area (Å²) in [7, 11) is 0. The quantitative estimate of drug-likeness (QED) is 0.584. The molecule has 130 valence electrons. The first-order valence-corrected chi connectivity index (χ1v) is 10.1. The molecule has 0 fully saturated rings. The lowest BCUT2D eigenvalue weighted by atomic mass is 10.2. The van der Waals surface area contributed by atoms with Gasteiger partial charge < -0.3 is 5.32 Å². The second-order valence-electron chi connectivity index (χ2n) is 5.81. The Kier molecular flexibility index (Phi) is 6.26. The molecule has 0 saturated carbocycles. The van der Waals surface area contributed by atoms with E-state index in [-0.39, 0.29) is 5.91 Å². The molecule has 2 aromatic heterocycles. The zero-order valence-electron chi connectivity index (χ0n) is 13.9. The fourth-order valence-electron chi connectivity index (χ4n) is 2.57. The molecular formula is C19H19ClN2OS2. The minimum atomic E-state index is -0.0152. The van der Waals surface area contributed by atoms with Gasteiger partial charge in [-0.05, 0) is 53.6 Å². The number of thiophene rings is 2. The molecule has 0 spiro atoms. The molecule has 1 aromatic carbocycles. The zero-order chi connectivity index (χ0) is 17.6. The summed E-state index contributed by atoms with van der Waals surface area (Å²) in [5.74, 6) is -0.0152. The highest BCUT2D eigenvalue weighted by molar-refractivity contribution is 7.10. The summed E-state index contributed by atoms with van der Waals surface area (Å²) in [6.07, 6.45) is 0. The molecule has 0 atom stereocenters. The SMILES string of the molecule is Cc1cc(Cl)ccc1NC(=O)CN(Cc1cccs1)Cc1cccs1. The van der Waals surface area contributed by atoms with Crippen molar-refractivity contribution in [1.29, 1.82) is 0 Å². The summed E-state index contributed by atoms with van der Waals surface area (Å²) in [5.41, 5.74) is 1.77. The van der Waals surface area contributed by atoms with Crippen molar-refractivity contribution in [2.75, 3.05) is 11.9 Å². The van der Waals surface area contributed by atoms with E-state index in [1.165, 1.54) is 9.75 Å². The number of carbonyl (C=O) groups excluding carboxylic acids is 1. The van der Waals surface area contributed by atoms with E-state index in [9.17, 15) is 4.79 Å². The second-order valence-corrected chi connectivity index (χ2v) is 8.31. The Morgan fingerprint density at radius 3 is 2.24 bits per heavy atom. The van der Waals surface area contributed by atoms with Crippen LogP contribution in [0.5, 0.6) is 0 Å². The third-order valence-corrected chi connectivity index (χ3v) is 5.71. The van der Waals surface area contributed by atoms with Gasteiger partial charge in [-0.1, -0.05) is 23.7 Å². The number of benzene rings is 1. The Labute approximate surface area is 160 Å². The van der Waals surface area contributed by atoms with Crippen molar-refractivity contribution in [3.63, 3.8) is 0 Å². The summed E-state index contributed by atoms with van der Waals surface area (Å²) in [6, 6.07) is 13.8. The first-order valence-electron chi connectivity index (χ1n) is 7.93. The molecule has 3 aromatic rings. The van der Waals surface area contributed by atoms with Gasteiger partial charge >= 0.3 is 0 Å². The molecule has 0 aliphatic carbocycles. The number of aryl methyl sites for hydroxylation is 1. The normalized spacial score (nSPS) is 11.0. The minimum Gasteiger partial charge on any atom is -0.325 e. The highest BCUT2D eigenvalue weighted by Crippen LogP contribution is 2.20. The Hall–Kier alpha value is -1.66. The minimum absolute atomic E-state index is 0.0152. The summed E-state index contributed by atoms with van der Waals surface area (Å²) in [6.45, 7) is 3.82. The molecule has 0 unspecified atom stereocenters. The van der Waals surface area contributed by atoms with Crippen LogP contribution >= 0.6 is 34.3 Å². The van der Waals surface area contributed by atoms with Gasteiger partial charge in [0.25, 0.3) is 0 Å². The average molecular weight is 391 g/mol. The van der Waals surface area contributed by atoms with Crippen molar-refractivity contribution < 1.29 is 4.79 Å². The maximum absolute atomic E-state index is 12.5. The average Bonchev–Trinajstić information content (AvgIpc) is 3.24. The Morgan fingerprint density at radius 1 is 1.08 bits per heavy atom. The van der Waals surface area contributed by atoms with Gasteiger partial charge in [0.15, 0.2) is 0 Å². The molecule has 0 aliphatic heterocycles. The van der Waals surface area contributed by atoms with Crippen molar-refractivity contribution in [1.82, 2.24) is 4.90 Å². The van der Waals surface area contributed by atoms with Crippen LogP contribution in [0.4, 0.5) is 5.69 Å². The lowest BCUT2D eigenvalue weighted by molar-refractivity contribution is -0.117. The molecule has 6 heteroatoms. The van der Waals surface area contributed by atoms with Gasteiger partial charge in [0.2, 0.25) is 5.91 Å². The molecule has 0 bridgehead atoms. The largest absolute Gasteiger partial charge is 0.325 e. The van der Waals surface area contributed by atoms with Crippen LogP contribution in [0.3, 0.4) is 0 Å². The lowest BCUT2D eigenvalue weighted by Gasteiger charge is -2.21. The van der Waals surface area contributed by atoms with E-state index in [0.29, 0.717) is 11.6 Å².